The molecule has 0 atom stereocenters. The molecule has 1 spiro atoms. The summed E-state index contributed by atoms with van der Waals surface area (Å²) in [7, 11) is 0. The highest BCUT2D eigenvalue weighted by atomic mass is 16.3. The molecule has 5 heteroatoms. The number of para-hydroxylation sites is 2. The zero-order chi connectivity index (χ0) is 52.9. The van der Waals surface area contributed by atoms with Crippen molar-refractivity contribution in [3.05, 3.63) is 289 Å². The molecule has 0 bridgehead atoms. The number of hydrogen-bond acceptors (Lipinski definition) is 4. The van der Waals surface area contributed by atoms with Gasteiger partial charge in [0.2, 0.25) is 0 Å². The van der Waals surface area contributed by atoms with Crippen molar-refractivity contribution in [1.29, 1.82) is 0 Å². The molecule has 0 unspecified atom stereocenters. The van der Waals surface area contributed by atoms with Crippen LogP contribution in [-0.2, 0) is 5.41 Å². The topological polar surface area (TPSA) is 56.2 Å². The zero-order valence-corrected chi connectivity index (χ0v) is 43.6. The van der Waals surface area contributed by atoms with E-state index < -0.39 is 5.41 Å². The summed E-state index contributed by atoms with van der Waals surface area (Å²) in [5.41, 5.74) is 24.2. The maximum atomic E-state index is 6.59. The Morgan fingerprint density at radius 2 is 0.753 bits per heavy atom. The quantitative estimate of drug-likeness (QED) is 0.167. The van der Waals surface area contributed by atoms with Crippen molar-refractivity contribution in [3.8, 4) is 89.8 Å². The van der Waals surface area contributed by atoms with Crippen molar-refractivity contribution in [2.24, 2.45) is 0 Å². The molecule has 5 nitrogen and oxygen atoms in total. The normalized spacial score (nSPS) is 13.0. The number of furan rings is 1. The lowest BCUT2D eigenvalue weighted by Gasteiger charge is -2.30. The minimum absolute atomic E-state index is 0.520. The second kappa shape index (κ2) is 16.6. The first-order valence-corrected chi connectivity index (χ1v) is 27.7. The van der Waals surface area contributed by atoms with E-state index in [4.69, 9.17) is 19.4 Å². The smallest absolute Gasteiger partial charge is 0.164 e. The molecule has 0 saturated heterocycles. The SMILES string of the molecule is c1ccc(-c2cc(-c3ccccc3)cc(-c3nc(-c4ccc(-c5cccc6c7ccc8oc9cccc%10c%11ccccc%11n(c56)c7c8c9%10)cc4)nc(-c4ccc5c(c4)C4(c6ccccc6-c6ccccc64)c4ccccc4-5)n3)c2)cc1. The Labute approximate surface area is 465 Å². The molecule has 0 N–H and O–H groups in total. The van der Waals surface area contributed by atoms with Gasteiger partial charge in [0.15, 0.2) is 17.5 Å². The Balaban J connectivity index is 0.852. The average Bonchev–Trinajstić information content (AvgIpc) is 4.41. The summed E-state index contributed by atoms with van der Waals surface area (Å²) in [4.78, 5) is 16.5. The standard InChI is InChI=1S/C76H44N4O/c1-3-17-45(18-4-1)50-41-51(46-19-5-2-6-20-46)43-52(42-50)75-78-73(77-74(79-75)49-37-38-57-56-23-9-13-30-64(56)76(65(57)44-49)62-28-11-7-21-54(62)55-22-8-12-29-63(55)76)48-35-33-47(34-36-48)53-25-15-27-60-61-39-40-68-70-69-59(26-16-32-67(69)81-68)58-24-10-14-31-66(58)80(71(53)60)72(61)70/h1-44H. The summed E-state index contributed by atoms with van der Waals surface area (Å²) in [6, 6.07) is 96.8. The van der Waals surface area contributed by atoms with E-state index in [-0.39, 0.29) is 0 Å². The molecule has 12 aromatic carbocycles. The number of aromatic nitrogens is 4. The maximum Gasteiger partial charge on any atom is 0.164 e. The first-order valence-electron chi connectivity index (χ1n) is 27.7. The second-order valence-corrected chi connectivity index (χ2v) is 21.7. The molecule has 18 rings (SSSR count). The fourth-order valence-electron chi connectivity index (χ4n) is 14.2. The summed E-state index contributed by atoms with van der Waals surface area (Å²) in [6.07, 6.45) is 0. The minimum Gasteiger partial charge on any atom is -0.456 e. The maximum absolute atomic E-state index is 6.59. The van der Waals surface area contributed by atoms with Gasteiger partial charge in [-0.3, -0.25) is 0 Å². The summed E-state index contributed by atoms with van der Waals surface area (Å²) in [5, 5.41) is 7.07. The van der Waals surface area contributed by atoms with Gasteiger partial charge in [-0.1, -0.05) is 218 Å². The highest BCUT2D eigenvalue weighted by Crippen LogP contribution is 2.63. The van der Waals surface area contributed by atoms with Crippen LogP contribution in [0.1, 0.15) is 22.3 Å². The average molecular weight is 1030 g/mol. The van der Waals surface area contributed by atoms with Crippen molar-refractivity contribution in [3.63, 3.8) is 0 Å². The number of hydrogen-bond donors (Lipinski definition) is 0. The van der Waals surface area contributed by atoms with Crippen molar-refractivity contribution < 1.29 is 4.42 Å². The Bertz CT molecular complexity index is 5160. The van der Waals surface area contributed by atoms with E-state index in [2.05, 4.69) is 271 Å². The van der Waals surface area contributed by atoms with Gasteiger partial charge in [0.05, 0.1) is 27.4 Å². The van der Waals surface area contributed by atoms with E-state index in [1.165, 1.54) is 71.6 Å². The van der Waals surface area contributed by atoms with Gasteiger partial charge in [0.25, 0.3) is 0 Å². The van der Waals surface area contributed by atoms with Crippen LogP contribution in [0, 0.1) is 0 Å². The Morgan fingerprint density at radius 3 is 1.43 bits per heavy atom. The number of benzene rings is 12. The molecule has 16 aromatic rings. The highest BCUT2D eigenvalue weighted by molar-refractivity contribution is 6.32. The van der Waals surface area contributed by atoms with Crippen molar-refractivity contribution in [2.75, 3.05) is 0 Å². The van der Waals surface area contributed by atoms with Gasteiger partial charge >= 0.3 is 0 Å². The monoisotopic (exact) mass is 1030 g/mol. The Kier molecular flexibility index (Phi) is 9.09. The molecule has 0 fully saturated rings. The zero-order valence-electron chi connectivity index (χ0n) is 43.6. The highest BCUT2D eigenvalue weighted by Gasteiger charge is 2.51. The third-order valence-electron chi connectivity index (χ3n) is 17.6. The predicted molar refractivity (Wildman–Crippen MR) is 331 cm³/mol. The first-order chi connectivity index (χ1) is 40.2. The lowest BCUT2D eigenvalue weighted by atomic mass is 9.70. The molecule has 2 aliphatic rings. The van der Waals surface area contributed by atoms with Crippen LogP contribution in [0.5, 0.6) is 0 Å². The van der Waals surface area contributed by atoms with Gasteiger partial charge in [-0.05, 0) is 126 Å². The molecular weight excluding hydrogens is 985 g/mol. The Morgan fingerprint density at radius 1 is 0.272 bits per heavy atom. The molecular formula is C76H44N4O. The van der Waals surface area contributed by atoms with E-state index >= 15 is 0 Å². The van der Waals surface area contributed by atoms with Gasteiger partial charge < -0.3 is 8.82 Å². The lowest BCUT2D eigenvalue weighted by Crippen LogP contribution is -2.25. The third kappa shape index (κ3) is 6.17. The minimum atomic E-state index is -0.520. The lowest BCUT2D eigenvalue weighted by molar-refractivity contribution is 0.669. The van der Waals surface area contributed by atoms with Crippen molar-refractivity contribution in [2.45, 2.75) is 5.41 Å². The van der Waals surface area contributed by atoms with Crippen LogP contribution in [0.25, 0.3) is 150 Å². The van der Waals surface area contributed by atoms with Crippen LogP contribution in [-0.4, -0.2) is 19.4 Å². The predicted octanol–water partition coefficient (Wildman–Crippen LogP) is 19.3. The van der Waals surface area contributed by atoms with Crippen LogP contribution in [0.2, 0.25) is 0 Å². The van der Waals surface area contributed by atoms with Crippen LogP contribution >= 0.6 is 0 Å². The van der Waals surface area contributed by atoms with E-state index in [9.17, 15) is 0 Å². The molecule has 374 valence electrons. The van der Waals surface area contributed by atoms with E-state index in [0.29, 0.717) is 17.5 Å². The van der Waals surface area contributed by atoms with Gasteiger partial charge in [-0.25, -0.2) is 15.0 Å². The van der Waals surface area contributed by atoms with Crippen molar-refractivity contribution >= 4 is 60.0 Å². The number of nitrogens with zero attached hydrogens (tertiary/aromatic N) is 4. The molecule has 0 saturated carbocycles. The molecule has 81 heavy (non-hydrogen) atoms. The van der Waals surface area contributed by atoms with Gasteiger partial charge in [0.1, 0.15) is 11.2 Å². The molecule has 4 heterocycles. The van der Waals surface area contributed by atoms with E-state index in [0.717, 1.165) is 83.0 Å². The Hall–Kier alpha value is -10.8. The van der Waals surface area contributed by atoms with Crippen LogP contribution in [0.15, 0.2) is 271 Å². The fraction of sp³-hybridized carbons (Fsp3) is 0.0132. The molecule has 2 aliphatic carbocycles. The van der Waals surface area contributed by atoms with E-state index in [1.807, 2.05) is 0 Å². The van der Waals surface area contributed by atoms with Gasteiger partial charge in [-0.2, -0.15) is 0 Å². The van der Waals surface area contributed by atoms with Crippen LogP contribution in [0.3, 0.4) is 0 Å². The largest absolute Gasteiger partial charge is 0.456 e. The summed E-state index contributed by atoms with van der Waals surface area (Å²) in [5.74, 6) is 1.81. The molecule has 0 amide bonds. The molecule has 0 radical (unpaired) electrons. The number of rotatable bonds is 6. The summed E-state index contributed by atoms with van der Waals surface area (Å²) in [6.45, 7) is 0. The first kappa shape index (κ1) is 44.3. The molecule has 0 aliphatic heterocycles. The summed E-state index contributed by atoms with van der Waals surface area (Å²) >= 11 is 0. The molecule has 4 aromatic heterocycles. The fourth-order valence-corrected chi connectivity index (χ4v) is 14.2. The van der Waals surface area contributed by atoms with Crippen LogP contribution in [0.4, 0.5) is 0 Å². The van der Waals surface area contributed by atoms with Gasteiger partial charge in [-0.15, -0.1) is 0 Å². The number of fused-ring (bicyclic) bond motifs is 16. The summed E-state index contributed by atoms with van der Waals surface area (Å²) < 4.78 is 9.07. The van der Waals surface area contributed by atoms with Crippen LogP contribution < -0.4 is 0 Å². The van der Waals surface area contributed by atoms with Gasteiger partial charge in [0, 0.05) is 43.8 Å². The van der Waals surface area contributed by atoms with E-state index in [1.54, 1.807) is 0 Å². The second-order valence-electron chi connectivity index (χ2n) is 21.7. The third-order valence-corrected chi connectivity index (χ3v) is 17.6. The van der Waals surface area contributed by atoms with Crippen molar-refractivity contribution in [1.82, 2.24) is 19.4 Å².